The van der Waals surface area contributed by atoms with Crippen LogP contribution in [0, 0.1) is 21.4 Å². The standard InChI is InChI=1S/C15H10N4O2/c16-8-11-3-1-2-4-12(11)10-18-15-6-5-14(19(20)21)7-13(15)9-17-18/h1-7,9H,10H2. The second-order valence-corrected chi connectivity index (χ2v) is 4.57. The van der Waals surface area contributed by atoms with Crippen LogP contribution >= 0.6 is 0 Å². The molecule has 0 aliphatic carbocycles. The van der Waals surface area contributed by atoms with E-state index >= 15 is 0 Å². The highest BCUT2D eigenvalue weighted by Gasteiger charge is 2.10. The van der Waals surface area contributed by atoms with E-state index in [-0.39, 0.29) is 5.69 Å². The molecule has 2 aromatic carbocycles. The number of nitrogens with zero attached hydrogens (tertiary/aromatic N) is 4. The number of rotatable bonds is 3. The smallest absolute Gasteiger partial charge is 0.260 e. The molecule has 0 bridgehead atoms. The molecule has 102 valence electrons. The molecule has 3 aromatic rings. The van der Waals surface area contributed by atoms with Gasteiger partial charge in [-0.3, -0.25) is 14.8 Å². The number of fused-ring (bicyclic) bond motifs is 1. The van der Waals surface area contributed by atoms with Gasteiger partial charge in [0.15, 0.2) is 0 Å². The summed E-state index contributed by atoms with van der Waals surface area (Å²) < 4.78 is 1.73. The Morgan fingerprint density at radius 1 is 1.29 bits per heavy atom. The Balaban J connectivity index is 2.02. The molecular formula is C15H10N4O2. The van der Waals surface area contributed by atoms with Crippen LogP contribution < -0.4 is 0 Å². The van der Waals surface area contributed by atoms with Gasteiger partial charge in [0, 0.05) is 17.5 Å². The Morgan fingerprint density at radius 2 is 2.10 bits per heavy atom. The first-order valence-corrected chi connectivity index (χ1v) is 6.27. The summed E-state index contributed by atoms with van der Waals surface area (Å²) in [6.07, 6.45) is 1.59. The lowest BCUT2D eigenvalue weighted by molar-refractivity contribution is -0.384. The fourth-order valence-corrected chi connectivity index (χ4v) is 2.24. The minimum Gasteiger partial charge on any atom is -0.260 e. The molecule has 0 saturated carbocycles. The highest BCUT2D eigenvalue weighted by Crippen LogP contribution is 2.21. The normalized spacial score (nSPS) is 10.4. The van der Waals surface area contributed by atoms with Crippen LogP contribution in [-0.2, 0) is 6.54 Å². The van der Waals surface area contributed by atoms with E-state index in [0.29, 0.717) is 17.5 Å². The Morgan fingerprint density at radius 3 is 2.86 bits per heavy atom. The lowest BCUT2D eigenvalue weighted by Gasteiger charge is -2.05. The minimum atomic E-state index is -0.429. The largest absolute Gasteiger partial charge is 0.270 e. The summed E-state index contributed by atoms with van der Waals surface area (Å²) >= 11 is 0. The van der Waals surface area contributed by atoms with Gasteiger partial charge in [-0.1, -0.05) is 18.2 Å². The molecule has 0 fully saturated rings. The molecular weight excluding hydrogens is 268 g/mol. The van der Waals surface area contributed by atoms with Crippen LogP contribution in [0.25, 0.3) is 10.9 Å². The molecule has 0 atom stereocenters. The molecule has 6 nitrogen and oxygen atoms in total. The second-order valence-electron chi connectivity index (χ2n) is 4.57. The molecule has 0 radical (unpaired) electrons. The van der Waals surface area contributed by atoms with Gasteiger partial charge in [-0.25, -0.2) is 0 Å². The zero-order chi connectivity index (χ0) is 14.8. The molecule has 21 heavy (non-hydrogen) atoms. The summed E-state index contributed by atoms with van der Waals surface area (Å²) in [4.78, 5) is 10.3. The van der Waals surface area contributed by atoms with E-state index < -0.39 is 4.92 Å². The Hall–Kier alpha value is -3.20. The van der Waals surface area contributed by atoms with E-state index in [9.17, 15) is 10.1 Å². The third-order valence-corrected chi connectivity index (χ3v) is 3.29. The zero-order valence-corrected chi connectivity index (χ0v) is 10.9. The SMILES string of the molecule is N#Cc1ccccc1Cn1ncc2cc([N+](=O)[O-])ccc21. The molecule has 0 unspecified atom stereocenters. The van der Waals surface area contributed by atoms with Crippen molar-refractivity contribution in [1.82, 2.24) is 9.78 Å². The average Bonchev–Trinajstić information content (AvgIpc) is 2.90. The van der Waals surface area contributed by atoms with Crippen LogP contribution in [0.5, 0.6) is 0 Å². The summed E-state index contributed by atoms with van der Waals surface area (Å²) in [5.74, 6) is 0. The second kappa shape index (κ2) is 5.06. The average molecular weight is 278 g/mol. The number of hydrogen-bond acceptors (Lipinski definition) is 4. The van der Waals surface area contributed by atoms with Gasteiger partial charge in [-0.2, -0.15) is 10.4 Å². The third kappa shape index (κ3) is 2.32. The van der Waals surface area contributed by atoms with Crippen LogP contribution in [0.15, 0.2) is 48.7 Å². The molecule has 1 heterocycles. The maximum absolute atomic E-state index is 10.8. The summed E-state index contributed by atoms with van der Waals surface area (Å²) in [7, 11) is 0. The number of aromatic nitrogens is 2. The first kappa shape index (κ1) is 12.8. The Labute approximate surface area is 120 Å². The third-order valence-electron chi connectivity index (χ3n) is 3.29. The summed E-state index contributed by atoms with van der Waals surface area (Å²) in [6.45, 7) is 0.449. The maximum atomic E-state index is 10.8. The van der Waals surface area contributed by atoms with Crippen molar-refractivity contribution in [3.8, 4) is 6.07 Å². The van der Waals surface area contributed by atoms with Crippen molar-refractivity contribution in [2.75, 3.05) is 0 Å². The van der Waals surface area contributed by atoms with E-state index in [2.05, 4.69) is 11.2 Å². The molecule has 0 amide bonds. The topological polar surface area (TPSA) is 84.8 Å². The first-order chi connectivity index (χ1) is 10.2. The molecule has 0 aliphatic heterocycles. The molecule has 0 spiro atoms. The van der Waals surface area contributed by atoms with Gasteiger partial charge in [0.2, 0.25) is 0 Å². The molecule has 3 rings (SSSR count). The van der Waals surface area contributed by atoms with Crippen molar-refractivity contribution in [3.05, 3.63) is 69.9 Å². The van der Waals surface area contributed by atoms with Crippen LogP contribution in [0.4, 0.5) is 5.69 Å². The predicted molar refractivity (Wildman–Crippen MR) is 76.6 cm³/mol. The van der Waals surface area contributed by atoms with E-state index in [4.69, 9.17) is 5.26 Å². The summed E-state index contributed by atoms with van der Waals surface area (Å²) in [5.41, 5.74) is 2.30. The van der Waals surface area contributed by atoms with Gasteiger partial charge >= 0.3 is 0 Å². The van der Waals surface area contributed by atoms with Gasteiger partial charge in [-0.05, 0) is 17.7 Å². The van der Waals surface area contributed by atoms with Gasteiger partial charge in [0.25, 0.3) is 5.69 Å². The van der Waals surface area contributed by atoms with Crippen molar-refractivity contribution in [1.29, 1.82) is 5.26 Å². The molecule has 0 saturated heterocycles. The lowest BCUT2D eigenvalue weighted by atomic mass is 10.1. The number of hydrogen-bond donors (Lipinski definition) is 0. The zero-order valence-electron chi connectivity index (χ0n) is 10.9. The fourth-order valence-electron chi connectivity index (χ4n) is 2.24. The van der Waals surface area contributed by atoms with Gasteiger partial charge in [-0.15, -0.1) is 0 Å². The van der Waals surface area contributed by atoms with E-state index in [0.717, 1.165) is 11.1 Å². The molecule has 1 aromatic heterocycles. The van der Waals surface area contributed by atoms with Crippen molar-refractivity contribution < 1.29 is 4.92 Å². The van der Waals surface area contributed by atoms with Gasteiger partial charge < -0.3 is 0 Å². The van der Waals surface area contributed by atoms with Crippen LogP contribution in [-0.4, -0.2) is 14.7 Å². The molecule has 0 N–H and O–H groups in total. The number of nitro groups is 1. The number of benzene rings is 2. The van der Waals surface area contributed by atoms with Gasteiger partial charge in [0.05, 0.1) is 34.8 Å². The van der Waals surface area contributed by atoms with E-state index in [1.165, 1.54) is 12.1 Å². The Kier molecular flexibility index (Phi) is 3.09. The summed E-state index contributed by atoms with van der Waals surface area (Å²) in [6, 6.07) is 14.1. The van der Waals surface area contributed by atoms with Crippen molar-refractivity contribution in [2.24, 2.45) is 0 Å². The van der Waals surface area contributed by atoms with Crippen molar-refractivity contribution in [2.45, 2.75) is 6.54 Å². The van der Waals surface area contributed by atoms with Crippen LogP contribution in [0.1, 0.15) is 11.1 Å². The lowest BCUT2D eigenvalue weighted by Crippen LogP contribution is -2.03. The van der Waals surface area contributed by atoms with Crippen molar-refractivity contribution in [3.63, 3.8) is 0 Å². The van der Waals surface area contributed by atoms with Crippen LogP contribution in [0.3, 0.4) is 0 Å². The van der Waals surface area contributed by atoms with E-state index in [1.807, 2.05) is 18.2 Å². The quantitative estimate of drug-likeness (QED) is 0.544. The number of nitriles is 1. The monoisotopic (exact) mass is 278 g/mol. The summed E-state index contributed by atoms with van der Waals surface area (Å²) in [5, 5.41) is 24.8. The van der Waals surface area contributed by atoms with E-state index in [1.54, 1.807) is 23.0 Å². The van der Waals surface area contributed by atoms with Gasteiger partial charge in [0.1, 0.15) is 0 Å². The first-order valence-electron chi connectivity index (χ1n) is 6.27. The highest BCUT2D eigenvalue weighted by molar-refractivity contribution is 5.81. The van der Waals surface area contributed by atoms with Crippen molar-refractivity contribution >= 4 is 16.6 Å². The van der Waals surface area contributed by atoms with Crippen LogP contribution in [0.2, 0.25) is 0 Å². The predicted octanol–water partition coefficient (Wildman–Crippen LogP) is 2.86. The fraction of sp³-hybridized carbons (Fsp3) is 0.0667. The molecule has 6 heteroatoms. The number of non-ortho nitro benzene ring substituents is 1. The maximum Gasteiger partial charge on any atom is 0.270 e. The highest BCUT2D eigenvalue weighted by atomic mass is 16.6. The molecule has 0 aliphatic rings. The number of nitro benzene ring substituents is 1. The Bertz CT molecular complexity index is 877. The minimum absolute atomic E-state index is 0.0412.